The first kappa shape index (κ1) is 13.1. The van der Waals surface area contributed by atoms with Gasteiger partial charge >= 0.3 is 0 Å². The van der Waals surface area contributed by atoms with Gasteiger partial charge in [0.25, 0.3) is 16.1 Å². The highest BCUT2D eigenvalue weighted by Gasteiger charge is 2.29. The highest BCUT2D eigenvalue weighted by molar-refractivity contribution is 7.86. The molecule has 0 bridgehead atoms. The number of hydrogen-bond acceptors (Lipinski definition) is 5. The Balaban J connectivity index is 1.93. The van der Waals surface area contributed by atoms with Crippen LogP contribution in [0.5, 0.6) is 0 Å². The van der Waals surface area contributed by atoms with Crippen molar-refractivity contribution in [2.45, 2.75) is 0 Å². The summed E-state index contributed by atoms with van der Waals surface area (Å²) in [4.78, 5) is 13.5. The monoisotopic (exact) mass is 277 g/mol. The second-order valence-corrected chi connectivity index (χ2v) is 5.48. The molecule has 0 unspecified atom stereocenters. The number of nitrogens with two attached hydrogens (primary N) is 1. The van der Waals surface area contributed by atoms with E-state index < -0.39 is 10.2 Å². The quantitative estimate of drug-likeness (QED) is 0.643. The minimum Gasteiger partial charge on any atom is -0.494 e. The predicted octanol–water partition coefficient (Wildman–Crippen LogP) is -1.78. The van der Waals surface area contributed by atoms with Gasteiger partial charge < -0.3 is 14.4 Å². The number of amides is 1. The van der Waals surface area contributed by atoms with Crippen LogP contribution in [0.3, 0.4) is 0 Å². The maximum absolute atomic E-state index is 12.0. The van der Waals surface area contributed by atoms with Gasteiger partial charge in [-0.15, -0.1) is 0 Å². The molecule has 0 spiro atoms. The summed E-state index contributed by atoms with van der Waals surface area (Å²) in [5, 5.41) is 5.01. The first-order chi connectivity index (χ1) is 8.48. The fourth-order valence-corrected chi connectivity index (χ4v) is 2.45. The molecule has 0 aliphatic carbocycles. The van der Waals surface area contributed by atoms with Crippen molar-refractivity contribution in [1.29, 1.82) is 0 Å². The maximum atomic E-state index is 12.0. The predicted molar refractivity (Wildman–Crippen MR) is 61.2 cm³/mol. The van der Waals surface area contributed by atoms with Gasteiger partial charge in [-0.25, -0.2) is 5.14 Å². The number of carbonyl (C=O) groups is 1. The van der Waals surface area contributed by atoms with Gasteiger partial charge in [0.2, 0.25) is 5.76 Å². The number of rotatable bonds is 2. The van der Waals surface area contributed by atoms with Gasteiger partial charge in [-0.3, -0.25) is 4.79 Å². The van der Waals surface area contributed by atoms with Crippen LogP contribution in [0, 0.1) is 0 Å². The lowest BCUT2D eigenvalue weighted by molar-refractivity contribution is -0.133. The minimum atomic E-state index is -3.68. The molecule has 1 fully saturated rings. The van der Waals surface area contributed by atoms with Crippen molar-refractivity contribution >= 4 is 16.1 Å². The number of nitrogens with zero attached hydrogens (tertiary/aromatic N) is 2. The Hall–Kier alpha value is -1.32. The van der Waals surface area contributed by atoms with Crippen LogP contribution in [0.4, 0.5) is 0 Å². The van der Waals surface area contributed by atoms with Crippen LogP contribution < -0.4 is 5.14 Å². The summed E-state index contributed by atoms with van der Waals surface area (Å²) in [7, 11) is -3.68. The summed E-state index contributed by atoms with van der Waals surface area (Å²) in [5.41, 5.74) is 0. The van der Waals surface area contributed by atoms with Crippen LogP contribution in [0.1, 0.15) is 0 Å². The molecule has 0 atom stereocenters. The Labute approximate surface area is 105 Å². The van der Waals surface area contributed by atoms with E-state index in [1.165, 1.54) is 11.2 Å². The van der Waals surface area contributed by atoms with E-state index in [9.17, 15) is 13.2 Å². The molecule has 1 amide bonds. The largest absolute Gasteiger partial charge is 0.494 e. The Morgan fingerprint density at radius 1 is 1.22 bits per heavy atom. The van der Waals surface area contributed by atoms with E-state index in [0.29, 0.717) is 13.2 Å². The summed E-state index contributed by atoms with van der Waals surface area (Å²) in [6.07, 6.45) is 1.29. The van der Waals surface area contributed by atoms with E-state index in [1.807, 2.05) is 0 Å². The van der Waals surface area contributed by atoms with E-state index in [0.717, 1.165) is 4.31 Å². The highest BCUT2D eigenvalue weighted by atomic mass is 32.2. The van der Waals surface area contributed by atoms with Gasteiger partial charge in [-0.05, 0) is 0 Å². The minimum absolute atomic E-state index is 0.158. The van der Waals surface area contributed by atoms with Crippen LogP contribution in [0.15, 0.2) is 12.0 Å². The molecule has 0 aromatic heterocycles. The number of carbonyl (C=O) groups excluding carboxylic acids is 1. The fourth-order valence-electron chi connectivity index (χ4n) is 1.78. The van der Waals surface area contributed by atoms with Crippen LogP contribution in [-0.2, 0) is 24.5 Å². The van der Waals surface area contributed by atoms with E-state index in [1.54, 1.807) is 0 Å². The zero-order valence-corrected chi connectivity index (χ0v) is 10.6. The zero-order valence-electron chi connectivity index (χ0n) is 9.74. The molecule has 9 heteroatoms. The van der Waals surface area contributed by atoms with Crippen LogP contribution >= 0.6 is 0 Å². The van der Waals surface area contributed by atoms with Crippen molar-refractivity contribution in [3.63, 3.8) is 0 Å². The lowest BCUT2D eigenvalue weighted by Gasteiger charge is -2.33. The van der Waals surface area contributed by atoms with Gasteiger partial charge in [0.05, 0.1) is 0 Å². The van der Waals surface area contributed by atoms with Crippen LogP contribution in [-0.4, -0.2) is 62.9 Å². The van der Waals surface area contributed by atoms with Crippen molar-refractivity contribution in [3.8, 4) is 0 Å². The van der Waals surface area contributed by atoms with Gasteiger partial charge in [-0.1, -0.05) is 0 Å². The number of ether oxygens (including phenoxy) is 2. The molecule has 2 aliphatic rings. The molecule has 2 N–H and O–H groups in total. The SMILES string of the molecule is NS(=O)(=O)N1CCN(C(=O)C2=COCCO2)CC1. The topological polar surface area (TPSA) is 102 Å². The number of piperazine rings is 1. The smallest absolute Gasteiger partial charge is 0.292 e. The molecule has 8 nitrogen and oxygen atoms in total. The van der Waals surface area contributed by atoms with E-state index in [2.05, 4.69) is 0 Å². The third-order valence-corrected chi connectivity index (χ3v) is 3.83. The van der Waals surface area contributed by atoms with Gasteiger partial charge in [0.1, 0.15) is 19.5 Å². The maximum Gasteiger partial charge on any atom is 0.292 e. The Kier molecular flexibility index (Phi) is 3.73. The summed E-state index contributed by atoms with van der Waals surface area (Å²) in [6.45, 7) is 1.73. The van der Waals surface area contributed by atoms with E-state index >= 15 is 0 Å². The summed E-state index contributed by atoms with van der Waals surface area (Å²) >= 11 is 0. The Bertz CT molecular complexity index is 453. The number of hydrogen-bond donors (Lipinski definition) is 1. The third kappa shape index (κ3) is 2.92. The average molecular weight is 277 g/mol. The Morgan fingerprint density at radius 2 is 1.89 bits per heavy atom. The molecular formula is C9H15N3O5S. The molecule has 0 radical (unpaired) electrons. The normalized spacial score (nSPS) is 21.8. The lowest BCUT2D eigenvalue weighted by Crippen LogP contribution is -2.52. The zero-order chi connectivity index (χ0) is 13.2. The van der Waals surface area contributed by atoms with Crippen molar-refractivity contribution < 1.29 is 22.7 Å². The lowest BCUT2D eigenvalue weighted by atomic mass is 10.3. The standard InChI is InChI=1S/C9H15N3O5S/c10-18(14,15)12-3-1-11(2-4-12)9(13)8-7-16-5-6-17-8/h7H,1-6H2,(H2,10,14,15). The molecule has 2 heterocycles. The first-order valence-electron chi connectivity index (χ1n) is 5.50. The average Bonchev–Trinajstić information content (AvgIpc) is 2.38. The molecule has 0 aromatic rings. The molecule has 2 rings (SSSR count). The molecule has 0 saturated carbocycles. The Morgan fingerprint density at radius 3 is 2.39 bits per heavy atom. The van der Waals surface area contributed by atoms with Crippen molar-refractivity contribution in [3.05, 3.63) is 12.0 Å². The van der Waals surface area contributed by atoms with Crippen LogP contribution in [0.2, 0.25) is 0 Å². The molecule has 2 aliphatic heterocycles. The van der Waals surface area contributed by atoms with Gasteiger partial charge in [-0.2, -0.15) is 12.7 Å². The van der Waals surface area contributed by atoms with Crippen molar-refractivity contribution in [2.24, 2.45) is 5.14 Å². The molecule has 0 aromatic carbocycles. The molecule has 102 valence electrons. The molecular weight excluding hydrogens is 262 g/mol. The van der Waals surface area contributed by atoms with E-state index in [-0.39, 0.29) is 37.8 Å². The summed E-state index contributed by atoms with van der Waals surface area (Å²) < 4.78 is 33.5. The van der Waals surface area contributed by atoms with Crippen molar-refractivity contribution in [1.82, 2.24) is 9.21 Å². The second-order valence-electron chi connectivity index (χ2n) is 3.94. The first-order valence-corrected chi connectivity index (χ1v) is 7.00. The highest BCUT2D eigenvalue weighted by Crippen LogP contribution is 2.12. The van der Waals surface area contributed by atoms with Gasteiger partial charge in [0, 0.05) is 26.2 Å². The van der Waals surface area contributed by atoms with Crippen LogP contribution in [0.25, 0.3) is 0 Å². The summed E-state index contributed by atoms with van der Waals surface area (Å²) in [5.74, 6) is -0.130. The fraction of sp³-hybridized carbons (Fsp3) is 0.667. The third-order valence-electron chi connectivity index (χ3n) is 2.75. The summed E-state index contributed by atoms with van der Waals surface area (Å²) in [6, 6.07) is 0. The van der Waals surface area contributed by atoms with Gasteiger partial charge in [0.15, 0.2) is 0 Å². The molecule has 18 heavy (non-hydrogen) atoms. The van der Waals surface area contributed by atoms with E-state index in [4.69, 9.17) is 14.6 Å². The van der Waals surface area contributed by atoms with Crippen molar-refractivity contribution in [2.75, 3.05) is 39.4 Å². The second kappa shape index (κ2) is 5.12. The molecule has 1 saturated heterocycles.